The lowest BCUT2D eigenvalue weighted by Gasteiger charge is -2.24. The van der Waals surface area contributed by atoms with Crippen molar-refractivity contribution in [3.05, 3.63) is 23.7 Å². The maximum Gasteiger partial charge on any atom is 0.118 e. The molecule has 0 bridgehead atoms. The van der Waals surface area contributed by atoms with E-state index in [0.717, 1.165) is 24.5 Å². The fourth-order valence-corrected chi connectivity index (χ4v) is 2.06. The standard InChI is InChI=1S/C16H25NO4/c1-4-9-20-13-15(18)11-17(8-5-10-19-3)12-16-7-6-14(2)21-16/h1,6-7,15,18H,5,8-13H2,2-3H3/t15-/m1/s1. The van der Waals surface area contributed by atoms with Gasteiger partial charge in [-0.25, -0.2) is 0 Å². The summed E-state index contributed by atoms with van der Waals surface area (Å²) in [5.41, 5.74) is 0. The monoisotopic (exact) mass is 295 g/mol. The number of aryl methyl sites for hydroxylation is 1. The molecule has 0 spiro atoms. The van der Waals surface area contributed by atoms with Crippen LogP contribution >= 0.6 is 0 Å². The molecule has 5 heteroatoms. The highest BCUT2D eigenvalue weighted by Gasteiger charge is 2.14. The summed E-state index contributed by atoms with van der Waals surface area (Å²) in [6, 6.07) is 3.90. The van der Waals surface area contributed by atoms with Gasteiger partial charge >= 0.3 is 0 Å². The second-order valence-electron chi connectivity index (χ2n) is 4.97. The maximum atomic E-state index is 9.99. The number of aliphatic hydroxyl groups is 1. The smallest absolute Gasteiger partial charge is 0.118 e. The average molecular weight is 295 g/mol. The minimum atomic E-state index is -0.572. The van der Waals surface area contributed by atoms with Crippen molar-refractivity contribution >= 4 is 0 Å². The highest BCUT2D eigenvalue weighted by molar-refractivity contribution is 5.05. The number of methoxy groups -OCH3 is 1. The Kier molecular flexibility index (Phi) is 8.79. The van der Waals surface area contributed by atoms with E-state index in [4.69, 9.17) is 20.3 Å². The first-order valence-corrected chi connectivity index (χ1v) is 7.11. The Labute approximate surface area is 126 Å². The average Bonchev–Trinajstić information content (AvgIpc) is 2.84. The largest absolute Gasteiger partial charge is 0.465 e. The molecule has 1 atom stereocenters. The number of terminal acetylenes is 1. The Bertz CT molecular complexity index is 424. The summed E-state index contributed by atoms with van der Waals surface area (Å²) < 4.78 is 15.8. The zero-order valence-corrected chi connectivity index (χ0v) is 12.9. The van der Waals surface area contributed by atoms with Crippen molar-refractivity contribution < 1.29 is 19.0 Å². The molecular formula is C16H25NO4. The van der Waals surface area contributed by atoms with Gasteiger partial charge in [-0.2, -0.15) is 0 Å². The molecular weight excluding hydrogens is 270 g/mol. The van der Waals surface area contributed by atoms with Crippen LogP contribution in [0.4, 0.5) is 0 Å². The number of furan rings is 1. The Morgan fingerprint density at radius 2 is 2.29 bits per heavy atom. The summed E-state index contributed by atoms with van der Waals surface area (Å²) in [6.45, 7) is 5.05. The Morgan fingerprint density at radius 1 is 1.48 bits per heavy atom. The van der Waals surface area contributed by atoms with Gasteiger partial charge in [0.2, 0.25) is 0 Å². The summed E-state index contributed by atoms with van der Waals surface area (Å²) in [6.07, 6.45) is 5.43. The van der Waals surface area contributed by atoms with Crippen LogP contribution in [-0.4, -0.2) is 56.1 Å². The summed E-state index contributed by atoms with van der Waals surface area (Å²) in [5, 5.41) is 9.99. The number of hydrogen-bond acceptors (Lipinski definition) is 5. The van der Waals surface area contributed by atoms with Crippen LogP contribution in [0.1, 0.15) is 17.9 Å². The molecule has 0 radical (unpaired) electrons. The summed E-state index contributed by atoms with van der Waals surface area (Å²) in [5.74, 6) is 4.16. The van der Waals surface area contributed by atoms with Gasteiger partial charge in [0.25, 0.3) is 0 Å². The van der Waals surface area contributed by atoms with Crippen LogP contribution in [0.15, 0.2) is 16.5 Å². The van der Waals surface area contributed by atoms with E-state index in [2.05, 4.69) is 10.8 Å². The molecule has 1 aromatic rings. The second-order valence-corrected chi connectivity index (χ2v) is 4.97. The van der Waals surface area contributed by atoms with Gasteiger partial charge in [-0.1, -0.05) is 5.92 Å². The topological polar surface area (TPSA) is 55.1 Å². The number of aliphatic hydroxyl groups excluding tert-OH is 1. The summed E-state index contributed by atoms with van der Waals surface area (Å²) >= 11 is 0. The zero-order valence-electron chi connectivity index (χ0n) is 12.9. The lowest BCUT2D eigenvalue weighted by Crippen LogP contribution is -2.35. The van der Waals surface area contributed by atoms with E-state index >= 15 is 0 Å². The fraction of sp³-hybridized carbons (Fsp3) is 0.625. The minimum absolute atomic E-state index is 0.220. The van der Waals surface area contributed by atoms with Gasteiger partial charge in [-0.3, -0.25) is 4.90 Å². The molecule has 0 aliphatic carbocycles. The summed E-state index contributed by atoms with van der Waals surface area (Å²) in [7, 11) is 1.68. The van der Waals surface area contributed by atoms with Gasteiger partial charge in [0.1, 0.15) is 18.1 Å². The molecule has 1 rings (SSSR count). The van der Waals surface area contributed by atoms with Crippen LogP contribution in [0.2, 0.25) is 0 Å². The van der Waals surface area contributed by atoms with Crippen LogP contribution in [0, 0.1) is 19.3 Å². The molecule has 0 unspecified atom stereocenters. The molecule has 0 saturated carbocycles. The lowest BCUT2D eigenvalue weighted by molar-refractivity contribution is 0.0231. The van der Waals surface area contributed by atoms with Crippen molar-refractivity contribution in [1.82, 2.24) is 4.90 Å². The molecule has 0 saturated heterocycles. The quantitative estimate of drug-likeness (QED) is 0.494. The minimum Gasteiger partial charge on any atom is -0.465 e. The predicted molar refractivity (Wildman–Crippen MR) is 80.9 cm³/mol. The Hall–Kier alpha value is -1.32. The molecule has 0 aliphatic heterocycles. The molecule has 0 fully saturated rings. The molecule has 1 aromatic heterocycles. The first-order valence-electron chi connectivity index (χ1n) is 7.11. The maximum absolute atomic E-state index is 9.99. The molecule has 21 heavy (non-hydrogen) atoms. The molecule has 0 amide bonds. The third-order valence-corrected chi connectivity index (χ3v) is 2.96. The van der Waals surface area contributed by atoms with E-state index in [1.54, 1.807) is 7.11 Å². The van der Waals surface area contributed by atoms with Gasteiger partial charge < -0.3 is 19.0 Å². The normalized spacial score (nSPS) is 12.5. The third kappa shape index (κ3) is 7.88. The highest BCUT2D eigenvalue weighted by Crippen LogP contribution is 2.10. The van der Waals surface area contributed by atoms with Crippen molar-refractivity contribution in [2.75, 3.05) is 40.0 Å². The number of rotatable bonds is 11. The first kappa shape index (κ1) is 17.7. The number of nitrogens with zero attached hydrogens (tertiary/aromatic N) is 1. The van der Waals surface area contributed by atoms with Crippen LogP contribution < -0.4 is 0 Å². The van der Waals surface area contributed by atoms with Gasteiger partial charge in [0.05, 0.1) is 19.3 Å². The van der Waals surface area contributed by atoms with Crippen molar-refractivity contribution in [3.63, 3.8) is 0 Å². The van der Waals surface area contributed by atoms with Gasteiger partial charge in [-0.15, -0.1) is 6.42 Å². The lowest BCUT2D eigenvalue weighted by atomic mass is 10.3. The van der Waals surface area contributed by atoms with E-state index in [0.29, 0.717) is 19.7 Å². The van der Waals surface area contributed by atoms with E-state index in [9.17, 15) is 5.11 Å². The van der Waals surface area contributed by atoms with Gasteiger partial charge in [0.15, 0.2) is 0 Å². The van der Waals surface area contributed by atoms with E-state index in [1.165, 1.54) is 0 Å². The van der Waals surface area contributed by atoms with Crippen LogP contribution in [0.5, 0.6) is 0 Å². The SMILES string of the molecule is C#CCOC[C@H](O)CN(CCCOC)Cc1ccc(C)o1. The Morgan fingerprint density at radius 3 is 2.90 bits per heavy atom. The third-order valence-electron chi connectivity index (χ3n) is 2.96. The second kappa shape index (κ2) is 10.4. The molecule has 1 N–H and O–H groups in total. The number of hydrogen-bond donors (Lipinski definition) is 1. The molecule has 0 aromatic carbocycles. The van der Waals surface area contributed by atoms with Gasteiger partial charge in [0, 0.05) is 26.8 Å². The van der Waals surface area contributed by atoms with Crippen LogP contribution in [-0.2, 0) is 16.0 Å². The first-order chi connectivity index (χ1) is 10.2. The molecule has 118 valence electrons. The van der Waals surface area contributed by atoms with Crippen molar-refractivity contribution in [1.29, 1.82) is 0 Å². The van der Waals surface area contributed by atoms with Crippen molar-refractivity contribution in [2.45, 2.75) is 26.0 Å². The molecule has 5 nitrogen and oxygen atoms in total. The summed E-state index contributed by atoms with van der Waals surface area (Å²) in [4.78, 5) is 2.13. The van der Waals surface area contributed by atoms with Crippen LogP contribution in [0.25, 0.3) is 0 Å². The van der Waals surface area contributed by atoms with Crippen molar-refractivity contribution in [3.8, 4) is 12.3 Å². The highest BCUT2D eigenvalue weighted by atomic mass is 16.5. The zero-order chi connectivity index (χ0) is 15.5. The van der Waals surface area contributed by atoms with Gasteiger partial charge in [-0.05, 0) is 25.5 Å². The molecule has 0 aliphatic rings. The van der Waals surface area contributed by atoms with Crippen molar-refractivity contribution in [2.24, 2.45) is 0 Å². The van der Waals surface area contributed by atoms with Crippen LogP contribution in [0.3, 0.4) is 0 Å². The Balaban J connectivity index is 2.45. The van der Waals surface area contributed by atoms with E-state index in [1.807, 2.05) is 19.1 Å². The predicted octanol–water partition coefficient (Wildman–Crippen LogP) is 1.44. The van der Waals surface area contributed by atoms with E-state index in [-0.39, 0.29) is 13.2 Å². The fourth-order valence-electron chi connectivity index (χ4n) is 2.06. The number of ether oxygens (including phenoxy) is 2. The molecule has 1 heterocycles. The van der Waals surface area contributed by atoms with E-state index < -0.39 is 6.10 Å².